The van der Waals surface area contributed by atoms with Crippen molar-refractivity contribution in [3.8, 4) is 23.0 Å². The first-order valence-electron chi connectivity index (χ1n) is 15.4. The second-order valence-electron chi connectivity index (χ2n) is 12.0. The third kappa shape index (κ3) is 5.51. The predicted octanol–water partition coefficient (Wildman–Crippen LogP) is 5.94. The Balaban J connectivity index is 0.000000323. The van der Waals surface area contributed by atoms with Crippen LogP contribution in [0.3, 0.4) is 0 Å². The van der Waals surface area contributed by atoms with Gasteiger partial charge in [-0.2, -0.15) is 9.97 Å². The van der Waals surface area contributed by atoms with Crippen LogP contribution in [-0.2, 0) is 6.42 Å². The SMILES string of the molecule is CCc1c(F)ccc2cc(O)cc(-c3ncc4c(N5CCCC(O)C5C)nc(OC)nc4c3F)c12.FC1CC2CCCN2C1. The molecule has 0 radical (unpaired) electrons. The first-order chi connectivity index (χ1) is 21.2. The van der Waals surface area contributed by atoms with E-state index in [1.807, 2.05) is 18.7 Å². The van der Waals surface area contributed by atoms with E-state index >= 15 is 4.39 Å². The van der Waals surface area contributed by atoms with E-state index in [0.717, 1.165) is 19.4 Å². The number of methoxy groups -OCH3 is 1. The second-order valence-corrected chi connectivity index (χ2v) is 12.0. The molecule has 0 spiro atoms. The highest BCUT2D eigenvalue weighted by Gasteiger charge is 2.35. The Hall–Kier alpha value is -3.70. The summed E-state index contributed by atoms with van der Waals surface area (Å²) in [7, 11) is 1.40. The van der Waals surface area contributed by atoms with Gasteiger partial charge >= 0.3 is 6.01 Å². The summed E-state index contributed by atoms with van der Waals surface area (Å²) in [5.74, 6) is -0.790. The third-order valence-corrected chi connectivity index (χ3v) is 9.27. The molecule has 0 bridgehead atoms. The average molecular weight is 610 g/mol. The van der Waals surface area contributed by atoms with Crippen LogP contribution >= 0.6 is 0 Å². The van der Waals surface area contributed by atoms with Crippen molar-refractivity contribution in [1.29, 1.82) is 0 Å². The number of ether oxygens (including phenoxy) is 1. The lowest BCUT2D eigenvalue weighted by Crippen LogP contribution is -2.47. The van der Waals surface area contributed by atoms with Crippen molar-refractivity contribution >= 4 is 27.5 Å². The van der Waals surface area contributed by atoms with Gasteiger partial charge in [0.15, 0.2) is 5.82 Å². The zero-order valence-corrected chi connectivity index (χ0v) is 25.2. The van der Waals surface area contributed by atoms with Gasteiger partial charge in [0.2, 0.25) is 0 Å². The molecule has 7 rings (SSSR count). The first-order valence-corrected chi connectivity index (χ1v) is 15.4. The van der Waals surface area contributed by atoms with Crippen LogP contribution in [0.1, 0.15) is 51.5 Å². The molecule has 4 atom stereocenters. The summed E-state index contributed by atoms with van der Waals surface area (Å²) in [6.07, 6.45) is 5.57. The van der Waals surface area contributed by atoms with Crippen molar-refractivity contribution in [3.05, 3.63) is 47.7 Å². The highest BCUT2D eigenvalue weighted by molar-refractivity contribution is 6.01. The Bertz CT molecular complexity index is 1680. The van der Waals surface area contributed by atoms with Crippen molar-refractivity contribution in [1.82, 2.24) is 19.9 Å². The van der Waals surface area contributed by atoms with Crippen molar-refractivity contribution in [3.63, 3.8) is 0 Å². The molecule has 4 aromatic rings. The van der Waals surface area contributed by atoms with E-state index in [2.05, 4.69) is 19.9 Å². The van der Waals surface area contributed by atoms with E-state index < -0.39 is 23.9 Å². The van der Waals surface area contributed by atoms with Crippen LogP contribution in [0, 0.1) is 11.6 Å². The van der Waals surface area contributed by atoms with Crippen LogP contribution in [0.2, 0.25) is 0 Å². The number of hydrogen-bond acceptors (Lipinski definition) is 8. The molecule has 3 fully saturated rings. The molecular weight excluding hydrogens is 571 g/mol. The number of aromatic hydroxyl groups is 1. The molecule has 234 valence electrons. The minimum Gasteiger partial charge on any atom is -0.508 e. The Labute approximate surface area is 254 Å². The summed E-state index contributed by atoms with van der Waals surface area (Å²) in [6.45, 7) is 6.20. The van der Waals surface area contributed by atoms with Gasteiger partial charge in [-0.25, -0.2) is 13.2 Å². The van der Waals surface area contributed by atoms with Gasteiger partial charge < -0.3 is 19.8 Å². The van der Waals surface area contributed by atoms with Crippen molar-refractivity contribution in [2.24, 2.45) is 0 Å². The van der Waals surface area contributed by atoms with E-state index in [9.17, 15) is 19.0 Å². The molecule has 2 aromatic carbocycles. The van der Waals surface area contributed by atoms with E-state index in [4.69, 9.17) is 4.74 Å². The normalized spacial score (nSPS) is 23.6. The lowest BCUT2D eigenvalue weighted by Gasteiger charge is -2.38. The number of alkyl halides is 1. The minimum absolute atomic E-state index is 0.00458. The van der Waals surface area contributed by atoms with Crippen LogP contribution in [0.15, 0.2) is 30.5 Å². The van der Waals surface area contributed by atoms with Crippen molar-refractivity contribution in [2.75, 3.05) is 31.6 Å². The van der Waals surface area contributed by atoms with Gasteiger partial charge in [0.05, 0.1) is 24.6 Å². The number of nitrogens with zero attached hydrogens (tertiary/aromatic N) is 5. The van der Waals surface area contributed by atoms with Crippen LogP contribution < -0.4 is 9.64 Å². The molecule has 3 saturated heterocycles. The molecule has 8 nitrogen and oxygen atoms in total. The number of aliphatic hydroxyl groups is 1. The molecule has 3 aliphatic rings. The molecule has 4 unspecified atom stereocenters. The highest BCUT2D eigenvalue weighted by atomic mass is 19.1. The molecule has 2 aromatic heterocycles. The number of aliphatic hydroxyl groups excluding tert-OH is 1. The number of aryl methyl sites for hydroxylation is 1. The first kappa shape index (κ1) is 30.3. The van der Waals surface area contributed by atoms with E-state index in [0.29, 0.717) is 59.5 Å². The van der Waals surface area contributed by atoms with Gasteiger partial charge in [0, 0.05) is 30.9 Å². The van der Waals surface area contributed by atoms with Crippen molar-refractivity contribution in [2.45, 2.75) is 76.7 Å². The Kier molecular flexibility index (Phi) is 8.52. The fraction of sp³-hybridized carbons (Fsp3) is 0.485. The largest absolute Gasteiger partial charge is 0.508 e. The average Bonchev–Trinajstić information content (AvgIpc) is 3.59. The summed E-state index contributed by atoms with van der Waals surface area (Å²) in [5.41, 5.74) is 0.625. The Morgan fingerprint density at radius 2 is 1.89 bits per heavy atom. The number of aromatic nitrogens is 3. The number of piperidine rings is 1. The monoisotopic (exact) mass is 609 g/mol. The van der Waals surface area contributed by atoms with Crippen LogP contribution in [-0.4, -0.2) is 81.2 Å². The maximum Gasteiger partial charge on any atom is 0.318 e. The second kappa shape index (κ2) is 12.4. The quantitative estimate of drug-likeness (QED) is 0.294. The van der Waals surface area contributed by atoms with E-state index in [-0.39, 0.29) is 34.6 Å². The fourth-order valence-corrected chi connectivity index (χ4v) is 7.00. The fourth-order valence-electron chi connectivity index (χ4n) is 7.00. The zero-order chi connectivity index (χ0) is 31.1. The third-order valence-electron chi connectivity index (χ3n) is 9.27. The van der Waals surface area contributed by atoms with Crippen LogP contribution in [0.25, 0.3) is 32.9 Å². The summed E-state index contributed by atoms with van der Waals surface area (Å²) in [4.78, 5) is 17.3. The van der Waals surface area contributed by atoms with Gasteiger partial charge in [-0.05, 0) is 86.5 Å². The topological polar surface area (TPSA) is 94.8 Å². The standard InChI is InChI=1S/C26H26F2N4O3.C7H12FN/c1-4-16-19(27)8-7-14-10-15(33)11-17(21(14)16)23-22(28)24-18(12-29-23)25(31-26(30-24)35-3)32-9-5-6-20(34)13(32)2;8-6-4-7-2-1-3-9(7)5-6/h7-8,10-13,20,33-34H,4-6,9H2,1-3H3;6-7H,1-5H2. The van der Waals surface area contributed by atoms with E-state index in [1.54, 1.807) is 6.07 Å². The molecule has 5 heterocycles. The van der Waals surface area contributed by atoms with Gasteiger partial charge in [-0.1, -0.05) is 13.0 Å². The minimum atomic E-state index is -0.729. The molecule has 0 saturated carbocycles. The Morgan fingerprint density at radius 3 is 2.64 bits per heavy atom. The number of phenolic OH excluding ortho intramolecular Hbond substituents is 1. The summed E-state index contributed by atoms with van der Waals surface area (Å²) in [6, 6.07) is 6.16. The number of rotatable bonds is 4. The molecule has 3 aliphatic heterocycles. The Morgan fingerprint density at radius 1 is 1.09 bits per heavy atom. The van der Waals surface area contributed by atoms with Crippen molar-refractivity contribution < 1.29 is 28.1 Å². The number of hydrogen-bond donors (Lipinski definition) is 2. The van der Waals surface area contributed by atoms with Gasteiger partial charge in [0.25, 0.3) is 0 Å². The number of halogens is 3. The number of pyridine rings is 1. The smallest absolute Gasteiger partial charge is 0.318 e. The molecule has 44 heavy (non-hydrogen) atoms. The summed E-state index contributed by atoms with van der Waals surface area (Å²) in [5, 5.41) is 22.2. The molecule has 0 aliphatic carbocycles. The lowest BCUT2D eigenvalue weighted by atomic mass is 9.94. The molecule has 11 heteroatoms. The summed E-state index contributed by atoms with van der Waals surface area (Å²) >= 11 is 0. The lowest BCUT2D eigenvalue weighted by molar-refractivity contribution is 0.119. The zero-order valence-electron chi connectivity index (χ0n) is 25.2. The summed E-state index contributed by atoms with van der Waals surface area (Å²) < 4.78 is 48.7. The maximum atomic E-state index is 16.1. The number of fused-ring (bicyclic) bond motifs is 3. The molecule has 2 N–H and O–H groups in total. The number of anilines is 1. The van der Waals surface area contributed by atoms with E-state index in [1.165, 1.54) is 44.3 Å². The highest BCUT2D eigenvalue weighted by Crippen LogP contribution is 2.39. The molecule has 0 amide bonds. The van der Waals surface area contributed by atoms with Crippen LogP contribution in [0.5, 0.6) is 11.8 Å². The predicted molar refractivity (Wildman–Crippen MR) is 164 cm³/mol. The van der Waals surface area contributed by atoms with Gasteiger partial charge in [-0.3, -0.25) is 9.88 Å². The maximum absolute atomic E-state index is 16.1. The van der Waals surface area contributed by atoms with Gasteiger partial charge in [0.1, 0.15) is 34.8 Å². The van der Waals surface area contributed by atoms with Gasteiger partial charge in [-0.15, -0.1) is 0 Å². The number of phenols is 1. The number of benzene rings is 2. The van der Waals surface area contributed by atoms with Crippen LogP contribution in [0.4, 0.5) is 19.0 Å². The molecular formula is C33H38F3N5O3.